The molecule has 1 aliphatic heterocycles. The van der Waals surface area contributed by atoms with Crippen LogP contribution in [-0.2, 0) is 4.74 Å². The Kier molecular flexibility index (Phi) is 6.55. The first-order chi connectivity index (χ1) is 12.6. The van der Waals surface area contributed by atoms with Gasteiger partial charge in [-0.25, -0.2) is 4.39 Å². The van der Waals surface area contributed by atoms with Gasteiger partial charge >= 0.3 is 0 Å². The fraction of sp³-hybridized carbons (Fsp3) is 0.350. The fourth-order valence-electron chi connectivity index (χ4n) is 3.47. The van der Waals surface area contributed by atoms with Crippen LogP contribution in [0.5, 0.6) is 0 Å². The molecule has 0 bridgehead atoms. The summed E-state index contributed by atoms with van der Waals surface area (Å²) in [5.41, 5.74) is 2.06. The van der Waals surface area contributed by atoms with Gasteiger partial charge in [0, 0.05) is 11.3 Å². The number of rotatable bonds is 5. The van der Waals surface area contributed by atoms with Crippen LogP contribution in [0.3, 0.4) is 0 Å². The summed E-state index contributed by atoms with van der Waals surface area (Å²) in [7, 11) is 0. The van der Waals surface area contributed by atoms with E-state index in [4.69, 9.17) is 17.0 Å². The highest BCUT2D eigenvalue weighted by Gasteiger charge is 2.31. The first-order valence-corrected chi connectivity index (χ1v) is 9.34. The highest BCUT2D eigenvalue weighted by molar-refractivity contribution is 7.80. The van der Waals surface area contributed by atoms with Crippen molar-refractivity contribution in [2.45, 2.75) is 19.0 Å². The second-order valence-electron chi connectivity index (χ2n) is 6.55. The van der Waals surface area contributed by atoms with E-state index in [1.54, 1.807) is 12.1 Å². The van der Waals surface area contributed by atoms with Crippen LogP contribution in [-0.4, -0.2) is 37.5 Å². The highest BCUT2D eigenvalue weighted by atomic mass is 32.1. The van der Waals surface area contributed by atoms with Crippen molar-refractivity contribution in [1.82, 2.24) is 5.32 Å². The van der Waals surface area contributed by atoms with E-state index < -0.39 is 0 Å². The Bertz CT molecular complexity index is 705. The number of hydrogen-bond acceptors (Lipinski definition) is 2. The molecule has 2 aromatic carbocycles. The van der Waals surface area contributed by atoms with Crippen LogP contribution in [0.25, 0.3) is 0 Å². The fourth-order valence-corrected chi connectivity index (χ4v) is 3.78. The Labute approximate surface area is 159 Å². The van der Waals surface area contributed by atoms with Gasteiger partial charge < -0.3 is 20.3 Å². The maximum atomic E-state index is 13.0. The molecule has 4 nitrogen and oxygen atoms in total. The van der Waals surface area contributed by atoms with E-state index in [0.29, 0.717) is 5.11 Å². The Morgan fingerprint density at radius 3 is 2.38 bits per heavy atom. The lowest BCUT2D eigenvalue weighted by Gasteiger charge is -2.35. The van der Waals surface area contributed by atoms with E-state index in [2.05, 4.69) is 41.8 Å². The molecule has 3 rings (SSSR count). The molecule has 1 fully saturated rings. The molecule has 1 heterocycles. The summed E-state index contributed by atoms with van der Waals surface area (Å²) in [5, 5.41) is 7.07. The number of nitrogens with one attached hydrogen (secondary N) is 3. The van der Waals surface area contributed by atoms with Gasteiger partial charge in [0.25, 0.3) is 0 Å². The highest BCUT2D eigenvalue weighted by Crippen LogP contribution is 2.15. The predicted octanol–water partition coefficient (Wildman–Crippen LogP) is 2.16. The monoisotopic (exact) mass is 374 g/mol. The van der Waals surface area contributed by atoms with E-state index in [0.717, 1.165) is 32.0 Å². The summed E-state index contributed by atoms with van der Waals surface area (Å²) < 4.78 is 18.6. The second-order valence-corrected chi connectivity index (χ2v) is 6.96. The minimum absolute atomic E-state index is 0.131. The number of benzene rings is 2. The molecule has 6 heteroatoms. The second kappa shape index (κ2) is 9.07. The summed E-state index contributed by atoms with van der Waals surface area (Å²) >= 11 is 5.47. The molecule has 2 aromatic rings. The molecule has 1 saturated heterocycles. The lowest BCUT2D eigenvalue weighted by Crippen LogP contribution is -3.15. The van der Waals surface area contributed by atoms with Gasteiger partial charge in [-0.05, 0) is 43.4 Å². The maximum absolute atomic E-state index is 13.0. The third-order valence-electron chi connectivity index (χ3n) is 4.69. The number of ether oxygens (including phenoxy) is 1. The van der Waals surface area contributed by atoms with Crippen molar-refractivity contribution in [1.29, 1.82) is 0 Å². The normalized spacial score (nSPS) is 17.3. The van der Waals surface area contributed by atoms with E-state index in [-0.39, 0.29) is 17.9 Å². The van der Waals surface area contributed by atoms with Gasteiger partial charge in [0.1, 0.15) is 24.9 Å². The third kappa shape index (κ3) is 5.00. The number of morpholine rings is 1. The number of halogens is 1. The predicted molar refractivity (Wildman–Crippen MR) is 106 cm³/mol. The van der Waals surface area contributed by atoms with E-state index in [1.165, 1.54) is 22.6 Å². The summed E-state index contributed by atoms with van der Waals surface area (Å²) in [5.74, 6) is -0.261. The van der Waals surface area contributed by atoms with Crippen LogP contribution in [0.1, 0.15) is 18.5 Å². The lowest BCUT2D eigenvalue weighted by atomic mass is 9.98. The SMILES string of the molecule is C[C@H](NC(=S)Nc1ccc(F)cc1)[C@H](c1ccccc1)[NH+]1CCOCC1. The average molecular weight is 375 g/mol. The van der Waals surface area contributed by atoms with E-state index in [1.807, 2.05) is 6.07 Å². The Balaban J connectivity index is 1.69. The molecule has 0 amide bonds. The molecule has 2 atom stereocenters. The summed E-state index contributed by atoms with van der Waals surface area (Å²) in [6, 6.07) is 17.1. The lowest BCUT2D eigenvalue weighted by molar-refractivity contribution is -0.940. The minimum atomic E-state index is -0.261. The standard InChI is InChI=1S/C20H24FN3OS/c1-15(22-20(26)23-18-9-7-17(21)8-10-18)19(16-5-3-2-4-6-16)24-11-13-25-14-12-24/h2-10,15,19H,11-14H2,1H3,(H2,22,23,26)/p+1/t15-,19+/m0/s1. The molecule has 0 radical (unpaired) electrons. The first kappa shape index (κ1) is 18.8. The molecule has 138 valence electrons. The number of quaternary nitrogens is 1. The number of thiocarbonyl (C=S) groups is 1. The first-order valence-electron chi connectivity index (χ1n) is 8.94. The molecule has 3 N–H and O–H groups in total. The van der Waals surface area contributed by atoms with Crippen LogP contribution in [0.2, 0.25) is 0 Å². The van der Waals surface area contributed by atoms with Crippen molar-refractivity contribution in [2.75, 3.05) is 31.6 Å². The van der Waals surface area contributed by atoms with Crippen molar-refractivity contribution in [3.63, 3.8) is 0 Å². The summed E-state index contributed by atoms with van der Waals surface area (Å²) in [4.78, 5) is 1.49. The Morgan fingerprint density at radius 1 is 1.08 bits per heavy atom. The van der Waals surface area contributed by atoms with E-state index in [9.17, 15) is 4.39 Å². The molecule has 1 aliphatic rings. The molecule has 0 unspecified atom stereocenters. The molecule has 26 heavy (non-hydrogen) atoms. The molecule has 0 aromatic heterocycles. The zero-order chi connectivity index (χ0) is 18.4. The van der Waals surface area contributed by atoms with Crippen molar-refractivity contribution in [3.05, 3.63) is 66.0 Å². The summed E-state index contributed by atoms with van der Waals surface area (Å²) in [6.45, 7) is 5.67. The quantitative estimate of drug-likeness (QED) is 0.702. The van der Waals surface area contributed by atoms with Gasteiger partial charge in [-0.3, -0.25) is 0 Å². The van der Waals surface area contributed by atoms with Gasteiger partial charge in [-0.1, -0.05) is 30.3 Å². The van der Waals surface area contributed by atoms with Crippen LogP contribution >= 0.6 is 12.2 Å². The topological polar surface area (TPSA) is 37.7 Å². The van der Waals surface area contributed by atoms with Gasteiger partial charge in [-0.15, -0.1) is 0 Å². The zero-order valence-electron chi connectivity index (χ0n) is 14.9. The van der Waals surface area contributed by atoms with Crippen LogP contribution in [0.4, 0.5) is 10.1 Å². The van der Waals surface area contributed by atoms with Crippen LogP contribution in [0.15, 0.2) is 54.6 Å². The van der Waals surface area contributed by atoms with Crippen molar-refractivity contribution in [2.24, 2.45) is 0 Å². The van der Waals surface area contributed by atoms with Crippen LogP contribution < -0.4 is 15.5 Å². The van der Waals surface area contributed by atoms with Crippen LogP contribution in [0, 0.1) is 5.82 Å². The molecule has 0 aliphatic carbocycles. The zero-order valence-corrected chi connectivity index (χ0v) is 15.7. The smallest absolute Gasteiger partial charge is 0.171 e. The average Bonchev–Trinajstić information content (AvgIpc) is 2.65. The van der Waals surface area contributed by atoms with E-state index >= 15 is 0 Å². The van der Waals surface area contributed by atoms with Gasteiger partial charge in [0.2, 0.25) is 0 Å². The van der Waals surface area contributed by atoms with Crippen molar-refractivity contribution in [3.8, 4) is 0 Å². The van der Waals surface area contributed by atoms with Gasteiger partial charge in [-0.2, -0.15) is 0 Å². The third-order valence-corrected chi connectivity index (χ3v) is 4.91. The summed E-state index contributed by atoms with van der Waals surface area (Å²) in [6.07, 6.45) is 0. The maximum Gasteiger partial charge on any atom is 0.171 e. The van der Waals surface area contributed by atoms with Crippen molar-refractivity contribution >= 4 is 23.0 Å². The molecular formula is C20H25FN3OS+. The Morgan fingerprint density at radius 2 is 1.73 bits per heavy atom. The number of anilines is 1. The molecule has 0 saturated carbocycles. The minimum Gasteiger partial charge on any atom is -0.370 e. The Hall–Kier alpha value is -2.02. The van der Waals surface area contributed by atoms with Gasteiger partial charge in [0.15, 0.2) is 5.11 Å². The number of hydrogen-bond donors (Lipinski definition) is 3. The van der Waals surface area contributed by atoms with Gasteiger partial charge in [0.05, 0.1) is 19.3 Å². The van der Waals surface area contributed by atoms with Crippen molar-refractivity contribution < 1.29 is 14.0 Å². The molecule has 0 spiro atoms. The molecular weight excluding hydrogens is 349 g/mol. The largest absolute Gasteiger partial charge is 0.370 e.